The van der Waals surface area contributed by atoms with Gasteiger partial charge in [-0.3, -0.25) is 4.52 Å². The van der Waals surface area contributed by atoms with Gasteiger partial charge in [0.25, 0.3) is 0 Å². The first-order chi connectivity index (χ1) is 24.9. The molecule has 2 aromatic carbocycles. The van der Waals surface area contributed by atoms with Crippen molar-refractivity contribution < 1.29 is 23.1 Å². The summed E-state index contributed by atoms with van der Waals surface area (Å²) in [6.45, 7) is 5.61. The number of rotatable bonds is 28. The summed E-state index contributed by atoms with van der Waals surface area (Å²) >= 11 is 0. The number of unbranched alkanes of at least 4 members (excludes halogenated alkanes) is 15. The molecule has 51 heavy (non-hydrogen) atoms. The summed E-state index contributed by atoms with van der Waals surface area (Å²) in [7, 11) is -3.74. The van der Waals surface area contributed by atoms with E-state index >= 15 is 0 Å². The molecule has 0 saturated heterocycles. The fourth-order valence-electron chi connectivity index (χ4n) is 6.27. The number of aromatic nitrogens is 4. The number of nitrogens with two attached hydrogens (primary N) is 2. The Morgan fingerprint density at radius 3 is 2.08 bits per heavy atom. The number of ether oxygens (including phenoxy) is 2. The lowest BCUT2D eigenvalue weighted by Crippen LogP contribution is -2.19. The maximum absolute atomic E-state index is 14.1. The number of nitrogen functional groups attached to an aromatic ring is 2. The first kappa shape index (κ1) is 40.5. The van der Waals surface area contributed by atoms with E-state index in [1.54, 1.807) is 17.0 Å². The lowest BCUT2D eigenvalue weighted by Gasteiger charge is -2.22. The zero-order chi connectivity index (χ0) is 36.2. The van der Waals surface area contributed by atoms with Crippen LogP contribution in [0.15, 0.2) is 48.8 Å². The second-order valence-electron chi connectivity index (χ2n) is 13.6. The van der Waals surface area contributed by atoms with Crippen LogP contribution in [0.4, 0.5) is 11.8 Å². The van der Waals surface area contributed by atoms with Gasteiger partial charge in [0, 0.05) is 12.0 Å². The highest BCUT2D eigenvalue weighted by Crippen LogP contribution is 2.50. The van der Waals surface area contributed by atoms with Gasteiger partial charge in [0.05, 0.1) is 32.2 Å². The Morgan fingerprint density at radius 1 is 0.765 bits per heavy atom. The Bertz CT molecular complexity index is 1610. The lowest BCUT2D eigenvalue weighted by molar-refractivity contribution is 0.0624. The zero-order valence-electron chi connectivity index (χ0n) is 31.0. The summed E-state index contributed by atoms with van der Waals surface area (Å²) in [5.41, 5.74) is 12.7. The van der Waals surface area contributed by atoms with Crippen LogP contribution in [0.25, 0.3) is 21.9 Å². The number of hydrogen-bond donors (Lipinski definition) is 2. The summed E-state index contributed by atoms with van der Waals surface area (Å²) in [5, 5.41) is 1.82. The van der Waals surface area contributed by atoms with Gasteiger partial charge in [-0.05, 0) is 24.8 Å². The van der Waals surface area contributed by atoms with Crippen molar-refractivity contribution in [2.75, 3.05) is 37.6 Å². The van der Waals surface area contributed by atoms with Gasteiger partial charge in [0.15, 0.2) is 17.8 Å². The molecular formula is C39H61N6O5P. The molecule has 4 rings (SSSR count). The topological polar surface area (TPSA) is 150 Å². The van der Waals surface area contributed by atoms with Crippen molar-refractivity contribution in [2.24, 2.45) is 0 Å². The van der Waals surface area contributed by atoms with E-state index in [4.69, 9.17) is 30.0 Å². The van der Waals surface area contributed by atoms with Gasteiger partial charge in [-0.2, -0.15) is 9.97 Å². The standard InChI is InChI=1S/C39H61N6O5P/c1-3-4-5-6-7-8-9-10-11-12-13-14-15-16-17-20-26-47-27-28-49-51(46,50-35-25-21-23-33-22-18-19-24-34(33)35)31-48-32(2)29-45-30-42-36-37(40)43-39(41)44-38(36)45/h18-19,21-25,30,32H,3-17,20,26-29,31H2,1-2H3,(H4,40,41,43,44). The van der Waals surface area contributed by atoms with Gasteiger partial charge in [-0.15, -0.1) is 0 Å². The minimum atomic E-state index is -3.74. The van der Waals surface area contributed by atoms with Crippen molar-refractivity contribution >= 4 is 41.3 Å². The van der Waals surface area contributed by atoms with Gasteiger partial charge < -0.3 is 30.0 Å². The Labute approximate surface area is 304 Å². The van der Waals surface area contributed by atoms with Crippen LogP contribution in [0.5, 0.6) is 5.75 Å². The molecule has 2 heterocycles. The zero-order valence-corrected chi connectivity index (χ0v) is 31.9. The SMILES string of the molecule is CCCCCCCCCCCCCCCCCCOCCOP(=O)(COC(C)Cn1cnc2c(N)nc(N)nc21)Oc1cccc2ccccc12. The molecule has 0 aliphatic rings. The second kappa shape index (κ2) is 22.6. The van der Waals surface area contributed by atoms with Crippen LogP contribution < -0.4 is 16.0 Å². The predicted molar refractivity (Wildman–Crippen MR) is 208 cm³/mol. The molecule has 0 aliphatic heterocycles. The van der Waals surface area contributed by atoms with E-state index in [2.05, 4.69) is 21.9 Å². The molecule has 2 atom stereocenters. The van der Waals surface area contributed by atoms with E-state index in [9.17, 15) is 4.57 Å². The summed E-state index contributed by atoms with van der Waals surface area (Å²) < 4.78 is 39.8. The second-order valence-corrected chi connectivity index (χ2v) is 15.5. The Morgan fingerprint density at radius 2 is 1.39 bits per heavy atom. The van der Waals surface area contributed by atoms with E-state index in [1.807, 2.05) is 43.3 Å². The highest BCUT2D eigenvalue weighted by Gasteiger charge is 2.29. The quantitative estimate of drug-likeness (QED) is 0.0428. The number of benzene rings is 2. The third-order valence-electron chi connectivity index (χ3n) is 9.12. The maximum Gasteiger partial charge on any atom is 0.404 e. The van der Waals surface area contributed by atoms with E-state index < -0.39 is 7.60 Å². The van der Waals surface area contributed by atoms with Crippen LogP contribution in [0, 0.1) is 0 Å². The fourth-order valence-corrected chi connectivity index (χ4v) is 7.70. The molecule has 0 saturated carbocycles. The van der Waals surface area contributed by atoms with Gasteiger partial charge in [-0.25, -0.2) is 9.55 Å². The molecule has 4 N–H and O–H groups in total. The molecule has 0 spiro atoms. The molecule has 2 aromatic heterocycles. The van der Waals surface area contributed by atoms with Crippen LogP contribution in [0.3, 0.4) is 0 Å². The van der Waals surface area contributed by atoms with E-state index in [0.717, 1.165) is 23.6 Å². The molecular weight excluding hydrogens is 663 g/mol. The largest absolute Gasteiger partial charge is 0.422 e. The third kappa shape index (κ3) is 14.4. The first-order valence-corrected chi connectivity index (χ1v) is 21.0. The molecule has 282 valence electrons. The molecule has 0 bridgehead atoms. The number of fused-ring (bicyclic) bond motifs is 2. The average molecular weight is 725 g/mol. The van der Waals surface area contributed by atoms with Crippen molar-refractivity contribution in [3.05, 3.63) is 48.8 Å². The maximum atomic E-state index is 14.1. The van der Waals surface area contributed by atoms with Crippen molar-refractivity contribution in [3.8, 4) is 5.75 Å². The Hall–Kier alpha value is -3.24. The van der Waals surface area contributed by atoms with Crippen LogP contribution in [0.2, 0.25) is 0 Å². The molecule has 0 fully saturated rings. The normalized spacial score (nSPS) is 13.5. The Kier molecular flexibility index (Phi) is 18.0. The highest BCUT2D eigenvalue weighted by molar-refractivity contribution is 7.54. The van der Waals surface area contributed by atoms with Crippen molar-refractivity contribution in [1.29, 1.82) is 0 Å². The van der Waals surface area contributed by atoms with Crippen LogP contribution >= 0.6 is 7.60 Å². The average Bonchev–Trinajstić information content (AvgIpc) is 3.52. The third-order valence-corrected chi connectivity index (χ3v) is 10.6. The van der Waals surface area contributed by atoms with Gasteiger partial charge in [-0.1, -0.05) is 140 Å². The monoisotopic (exact) mass is 724 g/mol. The fraction of sp³-hybridized carbons (Fsp3) is 0.615. The minimum absolute atomic E-state index is 0.0636. The van der Waals surface area contributed by atoms with Crippen molar-refractivity contribution in [1.82, 2.24) is 19.5 Å². The molecule has 12 heteroatoms. The lowest BCUT2D eigenvalue weighted by atomic mass is 10.0. The number of imidazole rings is 1. The smallest absolute Gasteiger partial charge is 0.404 e. The summed E-state index contributed by atoms with van der Waals surface area (Å²) in [6.07, 6.45) is 22.3. The van der Waals surface area contributed by atoms with Gasteiger partial charge >= 0.3 is 7.60 Å². The predicted octanol–water partition coefficient (Wildman–Crippen LogP) is 10.1. The number of nitrogens with zero attached hydrogens (tertiary/aromatic N) is 4. The molecule has 0 radical (unpaired) electrons. The van der Waals surface area contributed by atoms with E-state index in [0.29, 0.717) is 36.7 Å². The highest BCUT2D eigenvalue weighted by atomic mass is 31.2. The van der Waals surface area contributed by atoms with Gasteiger partial charge in [0.1, 0.15) is 11.3 Å². The van der Waals surface area contributed by atoms with E-state index in [-0.39, 0.29) is 30.8 Å². The van der Waals surface area contributed by atoms with Crippen LogP contribution in [-0.4, -0.2) is 51.8 Å². The molecule has 2 unspecified atom stereocenters. The van der Waals surface area contributed by atoms with E-state index in [1.165, 1.54) is 89.9 Å². The van der Waals surface area contributed by atoms with Crippen molar-refractivity contribution in [2.45, 2.75) is 129 Å². The Balaban J connectivity index is 1.14. The molecule has 4 aromatic rings. The molecule has 0 amide bonds. The van der Waals surface area contributed by atoms with Crippen LogP contribution in [0.1, 0.15) is 117 Å². The number of anilines is 2. The first-order valence-electron chi connectivity index (χ1n) is 19.2. The molecule has 11 nitrogen and oxygen atoms in total. The molecule has 0 aliphatic carbocycles. The number of hydrogen-bond acceptors (Lipinski definition) is 10. The van der Waals surface area contributed by atoms with Crippen molar-refractivity contribution in [3.63, 3.8) is 0 Å². The van der Waals surface area contributed by atoms with Gasteiger partial charge in [0.2, 0.25) is 5.95 Å². The summed E-state index contributed by atoms with van der Waals surface area (Å²) in [6, 6.07) is 13.4. The van der Waals surface area contributed by atoms with Crippen LogP contribution in [-0.2, 0) is 25.1 Å². The summed E-state index contributed by atoms with van der Waals surface area (Å²) in [4.78, 5) is 12.5. The minimum Gasteiger partial charge on any atom is -0.422 e. The summed E-state index contributed by atoms with van der Waals surface area (Å²) in [5.74, 6) is 0.752.